The molecular formula is C26H31N5O4. The monoisotopic (exact) mass is 477 g/mol. The molecule has 7 rings (SSSR count). The van der Waals surface area contributed by atoms with E-state index in [1.54, 1.807) is 24.8 Å². The molecule has 0 spiro atoms. The number of hydrogen-bond acceptors (Lipinski definition) is 7. The van der Waals surface area contributed by atoms with Crippen LogP contribution in [0.2, 0.25) is 0 Å². The fourth-order valence-electron chi connectivity index (χ4n) is 6.90. The summed E-state index contributed by atoms with van der Waals surface area (Å²) in [4.78, 5) is 13.1. The first-order valence-corrected chi connectivity index (χ1v) is 12.4. The first kappa shape index (κ1) is 22.1. The summed E-state index contributed by atoms with van der Waals surface area (Å²) in [6.45, 7) is 0.815. The molecule has 1 aromatic carbocycles. The quantitative estimate of drug-likeness (QED) is 0.496. The second kappa shape index (κ2) is 8.70. The van der Waals surface area contributed by atoms with Crippen LogP contribution in [0.5, 0.6) is 17.4 Å². The van der Waals surface area contributed by atoms with E-state index in [1.165, 1.54) is 19.3 Å². The summed E-state index contributed by atoms with van der Waals surface area (Å²) < 4.78 is 18.3. The van der Waals surface area contributed by atoms with Gasteiger partial charge in [0.15, 0.2) is 23.0 Å². The van der Waals surface area contributed by atoms with Crippen molar-refractivity contribution in [3.63, 3.8) is 0 Å². The zero-order valence-corrected chi connectivity index (χ0v) is 20.2. The number of ether oxygens (including phenoxy) is 3. The van der Waals surface area contributed by atoms with Crippen molar-refractivity contribution < 1.29 is 19.0 Å². The van der Waals surface area contributed by atoms with Crippen molar-refractivity contribution in [2.24, 2.45) is 23.2 Å². The maximum Gasteiger partial charge on any atom is 0.231 e. The summed E-state index contributed by atoms with van der Waals surface area (Å²) in [5.74, 6) is 4.73. The van der Waals surface area contributed by atoms with E-state index in [4.69, 9.17) is 14.2 Å². The minimum Gasteiger partial charge on any atom is -0.493 e. The summed E-state index contributed by atoms with van der Waals surface area (Å²) >= 11 is 0. The van der Waals surface area contributed by atoms with Gasteiger partial charge in [-0.1, -0.05) is 0 Å². The largest absolute Gasteiger partial charge is 0.493 e. The Morgan fingerprint density at radius 3 is 2.40 bits per heavy atom. The van der Waals surface area contributed by atoms with Crippen LogP contribution in [0.1, 0.15) is 38.5 Å². The molecule has 4 bridgehead atoms. The molecule has 4 aliphatic rings. The Hall–Kier alpha value is -3.36. The van der Waals surface area contributed by atoms with Crippen LogP contribution >= 0.6 is 0 Å². The molecule has 3 aromatic rings. The number of methoxy groups -OCH3 is 2. The Morgan fingerprint density at radius 2 is 1.71 bits per heavy atom. The van der Waals surface area contributed by atoms with E-state index in [1.807, 2.05) is 24.3 Å². The van der Waals surface area contributed by atoms with Gasteiger partial charge < -0.3 is 19.5 Å². The predicted octanol–water partition coefficient (Wildman–Crippen LogP) is 3.52. The summed E-state index contributed by atoms with van der Waals surface area (Å²) in [6, 6.07) is 9.12. The van der Waals surface area contributed by atoms with Crippen LogP contribution in [-0.2, 0) is 4.79 Å². The van der Waals surface area contributed by atoms with Crippen molar-refractivity contribution in [3.8, 4) is 28.8 Å². The molecule has 1 amide bonds. The van der Waals surface area contributed by atoms with Gasteiger partial charge >= 0.3 is 0 Å². The van der Waals surface area contributed by atoms with Crippen molar-refractivity contribution in [2.75, 3.05) is 27.4 Å². The van der Waals surface area contributed by atoms with Crippen molar-refractivity contribution in [3.05, 3.63) is 30.3 Å². The summed E-state index contributed by atoms with van der Waals surface area (Å²) in [6.07, 6.45) is 7.19. The molecule has 0 atom stereocenters. The zero-order chi connectivity index (χ0) is 24.0. The zero-order valence-electron chi connectivity index (χ0n) is 20.2. The highest BCUT2D eigenvalue weighted by Crippen LogP contribution is 2.60. The molecule has 184 valence electrons. The Bertz CT molecular complexity index is 1220. The maximum absolute atomic E-state index is 13.1. The number of nitrogens with one attached hydrogen (secondary N) is 1. The lowest BCUT2D eigenvalue weighted by molar-refractivity contribution is -0.146. The van der Waals surface area contributed by atoms with Crippen molar-refractivity contribution in [1.29, 1.82) is 0 Å². The number of carbonyl (C=O) groups excluding carboxylic acids is 1. The van der Waals surface area contributed by atoms with Crippen LogP contribution in [-0.4, -0.2) is 53.1 Å². The van der Waals surface area contributed by atoms with E-state index in [2.05, 4.69) is 20.6 Å². The first-order valence-electron chi connectivity index (χ1n) is 12.4. The Kier molecular flexibility index (Phi) is 5.50. The van der Waals surface area contributed by atoms with Gasteiger partial charge in [-0.05, 0) is 80.5 Å². The third-order valence-corrected chi connectivity index (χ3v) is 8.04. The third-order valence-electron chi connectivity index (χ3n) is 8.04. The minimum absolute atomic E-state index is 0.136. The van der Waals surface area contributed by atoms with E-state index in [9.17, 15) is 4.79 Å². The van der Waals surface area contributed by atoms with E-state index < -0.39 is 0 Å². The Morgan fingerprint density at radius 1 is 1.00 bits per heavy atom. The van der Waals surface area contributed by atoms with Crippen LogP contribution in [0.4, 0.5) is 0 Å². The molecule has 0 unspecified atom stereocenters. The molecular weight excluding hydrogens is 446 g/mol. The average Bonchev–Trinajstić information content (AvgIpc) is 3.28. The van der Waals surface area contributed by atoms with Gasteiger partial charge in [0.05, 0.1) is 20.8 Å². The van der Waals surface area contributed by atoms with Gasteiger partial charge in [0.1, 0.15) is 6.61 Å². The standard InChI is InChI=1S/C26H31N5O4/c1-33-20-4-3-19(12-21(20)34-2)24-29-28-22-5-6-23(30-31(22)24)35-8-7-27-25(32)26-13-16-9-17(14-26)11-18(10-16)15-26/h3-6,12,16-18H,7-11,13-15H2,1-2H3,(H,27,32). The highest BCUT2D eigenvalue weighted by atomic mass is 16.5. The van der Waals surface area contributed by atoms with Gasteiger partial charge in [-0.2, -0.15) is 4.52 Å². The Balaban J connectivity index is 1.11. The van der Waals surface area contributed by atoms with Crippen molar-refractivity contribution in [2.45, 2.75) is 38.5 Å². The van der Waals surface area contributed by atoms with E-state index in [-0.39, 0.29) is 11.3 Å². The number of benzene rings is 1. The summed E-state index contributed by atoms with van der Waals surface area (Å²) in [7, 11) is 3.19. The van der Waals surface area contributed by atoms with Crippen molar-refractivity contribution in [1.82, 2.24) is 25.1 Å². The highest BCUT2D eigenvalue weighted by molar-refractivity contribution is 5.83. The number of rotatable bonds is 8. The number of carbonyl (C=O) groups is 1. The van der Waals surface area contributed by atoms with E-state index in [0.29, 0.717) is 42.0 Å². The summed E-state index contributed by atoms with van der Waals surface area (Å²) in [5, 5.41) is 16.2. The van der Waals surface area contributed by atoms with Gasteiger partial charge in [-0.15, -0.1) is 15.3 Å². The second-order valence-electron chi connectivity index (χ2n) is 10.3. The molecule has 0 radical (unpaired) electrons. The molecule has 4 saturated carbocycles. The maximum atomic E-state index is 13.1. The van der Waals surface area contributed by atoms with Crippen LogP contribution in [0, 0.1) is 23.2 Å². The number of aromatic nitrogens is 4. The molecule has 4 fully saturated rings. The van der Waals surface area contributed by atoms with Gasteiger partial charge in [0, 0.05) is 17.0 Å². The fourth-order valence-corrected chi connectivity index (χ4v) is 6.90. The molecule has 0 aliphatic heterocycles. The molecule has 9 heteroatoms. The normalized spacial score (nSPS) is 26.6. The lowest BCUT2D eigenvalue weighted by atomic mass is 9.49. The fraction of sp³-hybridized carbons (Fsp3) is 0.538. The van der Waals surface area contributed by atoms with Gasteiger partial charge in [-0.3, -0.25) is 4.79 Å². The highest BCUT2D eigenvalue weighted by Gasteiger charge is 2.54. The third kappa shape index (κ3) is 3.96. The van der Waals surface area contributed by atoms with Crippen LogP contribution < -0.4 is 19.5 Å². The van der Waals surface area contributed by atoms with E-state index >= 15 is 0 Å². The van der Waals surface area contributed by atoms with Gasteiger partial charge in [0.25, 0.3) is 0 Å². The molecule has 1 N–H and O–H groups in total. The topological polar surface area (TPSA) is 99.9 Å². The lowest BCUT2D eigenvalue weighted by Gasteiger charge is -2.55. The molecule has 2 heterocycles. The van der Waals surface area contributed by atoms with Crippen LogP contribution in [0.3, 0.4) is 0 Å². The average molecular weight is 478 g/mol. The van der Waals surface area contributed by atoms with Gasteiger partial charge in [0.2, 0.25) is 11.8 Å². The first-order chi connectivity index (χ1) is 17.1. The molecule has 4 aliphatic carbocycles. The number of fused-ring (bicyclic) bond motifs is 1. The van der Waals surface area contributed by atoms with E-state index in [0.717, 1.165) is 42.6 Å². The summed E-state index contributed by atoms with van der Waals surface area (Å²) in [5.41, 5.74) is 1.27. The SMILES string of the molecule is COc1ccc(-c2nnc3ccc(OCCNC(=O)C45CC6CC(CC(C6)C4)C5)nn23)cc1OC. The Labute approximate surface area is 204 Å². The van der Waals surface area contributed by atoms with Crippen LogP contribution in [0.25, 0.3) is 17.0 Å². The van der Waals surface area contributed by atoms with Crippen molar-refractivity contribution >= 4 is 11.6 Å². The number of amides is 1. The molecule has 9 nitrogen and oxygen atoms in total. The predicted molar refractivity (Wildman–Crippen MR) is 128 cm³/mol. The number of hydrogen-bond donors (Lipinski definition) is 1. The lowest BCUT2D eigenvalue weighted by Crippen LogP contribution is -2.54. The number of nitrogens with zero attached hydrogens (tertiary/aromatic N) is 4. The smallest absolute Gasteiger partial charge is 0.231 e. The second-order valence-corrected chi connectivity index (χ2v) is 10.3. The molecule has 35 heavy (non-hydrogen) atoms. The van der Waals surface area contributed by atoms with Crippen LogP contribution in [0.15, 0.2) is 30.3 Å². The molecule has 2 aromatic heterocycles. The van der Waals surface area contributed by atoms with Gasteiger partial charge in [-0.25, -0.2) is 0 Å². The minimum atomic E-state index is -0.136. The molecule has 0 saturated heterocycles.